The number of fused-ring (bicyclic) bond motifs is 1. The zero-order valence-electron chi connectivity index (χ0n) is 17.8. The van der Waals surface area contributed by atoms with E-state index in [2.05, 4.69) is 15.4 Å². The molecule has 3 amide bonds. The number of nitrogens with two attached hydrogens (primary N) is 1. The Kier molecular flexibility index (Phi) is 6.59. The summed E-state index contributed by atoms with van der Waals surface area (Å²) in [5.41, 5.74) is 9.04. The Morgan fingerprint density at radius 1 is 1.19 bits per heavy atom. The first-order valence-electron chi connectivity index (χ1n) is 9.60. The summed E-state index contributed by atoms with van der Waals surface area (Å²) < 4.78 is 1.57. The van der Waals surface area contributed by atoms with E-state index >= 15 is 0 Å². The third kappa shape index (κ3) is 4.85. The van der Waals surface area contributed by atoms with Crippen molar-refractivity contribution in [3.05, 3.63) is 53.0 Å². The van der Waals surface area contributed by atoms with Crippen molar-refractivity contribution < 1.29 is 14.4 Å². The van der Waals surface area contributed by atoms with Gasteiger partial charge in [0.15, 0.2) is 5.65 Å². The molecule has 0 aliphatic heterocycles. The SMILES string of the molecule is Cc1nc2c(C(N)=O)cnn2c(C)c1CCC(=O)Nc1ccccc1SC(=O)N(C)C. The topological polar surface area (TPSA) is 123 Å². The zero-order chi connectivity index (χ0) is 22.7. The van der Waals surface area contributed by atoms with Gasteiger partial charge < -0.3 is 16.0 Å². The standard InChI is InChI=1S/C21H24N6O3S/c1-12-14(13(2)27-20(24-12)15(11-23-27)19(22)29)9-10-18(28)25-16-7-5-6-8-17(16)31-21(30)26(3)4/h5-8,11H,9-10H2,1-4H3,(H2,22,29)(H,25,28). The molecule has 0 atom stereocenters. The zero-order valence-corrected chi connectivity index (χ0v) is 18.6. The van der Waals surface area contributed by atoms with Crippen molar-refractivity contribution in [3.8, 4) is 0 Å². The fourth-order valence-electron chi connectivity index (χ4n) is 3.14. The van der Waals surface area contributed by atoms with Gasteiger partial charge >= 0.3 is 0 Å². The Hall–Kier alpha value is -3.40. The minimum atomic E-state index is -0.585. The average Bonchev–Trinajstić information content (AvgIpc) is 3.13. The van der Waals surface area contributed by atoms with Crippen molar-refractivity contribution in [1.82, 2.24) is 19.5 Å². The molecule has 1 aromatic carbocycles. The van der Waals surface area contributed by atoms with Crippen LogP contribution in [0.3, 0.4) is 0 Å². The van der Waals surface area contributed by atoms with Crippen LogP contribution in [-0.4, -0.2) is 50.6 Å². The summed E-state index contributed by atoms with van der Waals surface area (Å²) in [7, 11) is 3.36. The number of anilines is 1. The number of hydrogen-bond acceptors (Lipinski definition) is 6. The second kappa shape index (κ2) is 9.17. The monoisotopic (exact) mass is 440 g/mol. The van der Waals surface area contributed by atoms with Crippen molar-refractivity contribution in [2.75, 3.05) is 19.4 Å². The van der Waals surface area contributed by atoms with Crippen LogP contribution in [0.4, 0.5) is 10.5 Å². The molecule has 0 aliphatic rings. The first kappa shape index (κ1) is 22.3. The lowest BCUT2D eigenvalue weighted by atomic mass is 10.1. The largest absolute Gasteiger partial charge is 0.365 e. The number of aromatic nitrogens is 3. The molecule has 3 N–H and O–H groups in total. The Morgan fingerprint density at radius 2 is 1.90 bits per heavy atom. The van der Waals surface area contributed by atoms with Gasteiger partial charge in [0.05, 0.1) is 11.9 Å². The van der Waals surface area contributed by atoms with Crippen LogP contribution in [0.25, 0.3) is 5.65 Å². The van der Waals surface area contributed by atoms with Crippen LogP contribution in [0.5, 0.6) is 0 Å². The van der Waals surface area contributed by atoms with E-state index in [1.54, 1.807) is 36.8 Å². The lowest BCUT2D eigenvalue weighted by Crippen LogP contribution is -2.17. The minimum absolute atomic E-state index is 0.123. The van der Waals surface area contributed by atoms with Crippen molar-refractivity contribution in [2.45, 2.75) is 31.6 Å². The lowest BCUT2D eigenvalue weighted by Gasteiger charge is -2.14. The third-order valence-corrected chi connectivity index (χ3v) is 5.92. The predicted octanol–water partition coefficient (Wildman–Crippen LogP) is 2.79. The van der Waals surface area contributed by atoms with E-state index in [1.165, 1.54) is 11.1 Å². The molecule has 0 fully saturated rings. The fourth-order valence-corrected chi connectivity index (χ4v) is 3.89. The van der Waals surface area contributed by atoms with Crippen molar-refractivity contribution >= 4 is 40.2 Å². The molecular formula is C21H24N6O3S. The highest BCUT2D eigenvalue weighted by Gasteiger charge is 2.18. The van der Waals surface area contributed by atoms with Gasteiger partial charge in [0, 0.05) is 36.8 Å². The van der Waals surface area contributed by atoms with Crippen LogP contribution in [0.1, 0.15) is 33.7 Å². The first-order valence-corrected chi connectivity index (χ1v) is 10.4. The smallest absolute Gasteiger partial charge is 0.286 e. The lowest BCUT2D eigenvalue weighted by molar-refractivity contribution is -0.116. The van der Waals surface area contributed by atoms with Crippen LogP contribution in [0.15, 0.2) is 35.4 Å². The van der Waals surface area contributed by atoms with E-state index in [0.29, 0.717) is 28.3 Å². The van der Waals surface area contributed by atoms with E-state index in [-0.39, 0.29) is 23.1 Å². The predicted molar refractivity (Wildman–Crippen MR) is 119 cm³/mol. The van der Waals surface area contributed by atoms with Crippen LogP contribution in [0, 0.1) is 13.8 Å². The maximum absolute atomic E-state index is 12.6. The molecule has 3 aromatic rings. The molecular weight excluding hydrogens is 416 g/mol. The van der Waals surface area contributed by atoms with Gasteiger partial charge in [-0.05, 0) is 49.7 Å². The second-order valence-electron chi connectivity index (χ2n) is 7.23. The second-order valence-corrected chi connectivity index (χ2v) is 8.22. The van der Waals surface area contributed by atoms with E-state index in [0.717, 1.165) is 23.0 Å². The summed E-state index contributed by atoms with van der Waals surface area (Å²) >= 11 is 1.06. The summed E-state index contributed by atoms with van der Waals surface area (Å²) in [5, 5.41) is 6.97. The van der Waals surface area contributed by atoms with E-state index in [4.69, 9.17) is 5.73 Å². The Balaban J connectivity index is 1.74. The van der Waals surface area contributed by atoms with Crippen LogP contribution in [0.2, 0.25) is 0 Å². The molecule has 10 heteroatoms. The van der Waals surface area contributed by atoms with Gasteiger partial charge in [-0.1, -0.05) is 12.1 Å². The van der Waals surface area contributed by atoms with E-state index < -0.39 is 5.91 Å². The van der Waals surface area contributed by atoms with Gasteiger partial charge in [0.25, 0.3) is 11.1 Å². The molecule has 31 heavy (non-hydrogen) atoms. The normalized spacial score (nSPS) is 10.8. The Bertz CT molecular complexity index is 1170. The van der Waals surface area contributed by atoms with Gasteiger partial charge in [0.2, 0.25) is 5.91 Å². The fraction of sp³-hybridized carbons (Fsp3) is 0.286. The van der Waals surface area contributed by atoms with Gasteiger partial charge in [0.1, 0.15) is 5.56 Å². The van der Waals surface area contributed by atoms with Crippen molar-refractivity contribution in [2.24, 2.45) is 5.73 Å². The number of thioether (sulfide) groups is 1. The van der Waals surface area contributed by atoms with E-state index in [1.807, 2.05) is 19.9 Å². The Morgan fingerprint density at radius 3 is 2.58 bits per heavy atom. The Labute approximate surface area is 184 Å². The molecule has 0 unspecified atom stereocenters. The molecule has 9 nitrogen and oxygen atoms in total. The third-order valence-electron chi connectivity index (χ3n) is 4.80. The number of carbonyl (C=O) groups is 3. The van der Waals surface area contributed by atoms with Gasteiger partial charge in [-0.2, -0.15) is 5.10 Å². The quantitative estimate of drug-likeness (QED) is 0.568. The highest BCUT2D eigenvalue weighted by atomic mass is 32.2. The molecule has 162 valence electrons. The highest BCUT2D eigenvalue weighted by Crippen LogP contribution is 2.29. The van der Waals surface area contributed by atoms with E-state index in [9.17, 15) is 14.4 Å². The summed E-state index contributed by atoms with van der Waals surface area (Å²) in [4.78, 5) is 42.8. The number of primary amides is 1. The van der Waals surface area contributed by atoms with Crippen LogP contribution < -0.4 is 11.1 Å². The number of hydrogen-bond donors (Lipinski definition) is 2. The molecule has 3 rings (SSSR count). The van der Waals surface area contributed by atoms with Gasteiger partial charge in [-0.25, -0.2) is 9.50 Å². The molecule has 0 saturated carbocycles. The number of carbonyl (C=O) groups excluding carboxylic acids is 3. The number of para-hydroxylation sites is 1. The van der Waals surface area contributed by atoms with Crippen LogP contribution >= 0.6 is 11.8 Å². The number of rotatable bonds is 6. The maximum atomic E-state index is 12.6. The van der Waals surface area contributed by atoms with Gasteiger partial charge in [-0.3, -0.25) is 14.4 Å². The molecule has 0 bridgehead atoms. The summed E-state index contributed by atoms with van der Waals surface area (Å²) in [5.74, 6) is -0.764. The molecule has 0 radical (unpaired) electrons. The number of nitrogens with one attached hydrogen (secondary N) is 1. The number of amides is 3. The maximum Gasteiger partial charge on any atom is 0.286 e. The summed E-state index contributed by atoms with van der Waals surface area (Å²) in [6.07, 6.45) is 2.07. The van der Waals surface area contributed by atoms with Gasteiger partial charge in [-0.15, -0.1) is 0 Å². The van der Waals surface area contributed by atoms with Crippen LogP contribution in [-0.2, 0) is 11.2 Å². The highest BCUT2D eigenvalue weighted by molar-refractivity contribution is 8.13. The molecule has 0 saturated heterocycles. The average molecular weight is 441 g/mol. The molecule has 0 spiro atoms. The summed E-state index contributed by atoms with van der Waals surface area (Å²) in [6.45, 7) is 3.70. The van der Waals surface area contributed by atoms with Crippen molar-refractivity contribution in [3.63, 3.8) is 0 Å². The summed E-state index contributed by atoms with van der Waals surface area (Å²) in [6, 6.07) is 7.18. The molecule has 0 aliphatic carbocycles. The molecule has 2 heterocycles. The minimum Gasteiger partial charge on any atom is -0.365 e. The number of benzene rings is 1. The number of nitrogens with zero attached hydrogens (tertiary/aromatic N) is 4. The first-order chi connectivity index (χ1) is 14.7. The molecule has 2 aromatic heterocycles. The van der Waals surface area contributed by atoms with Crippen molar-refractivity contribution in [1.29, 1.82) is 0 Å². The number of aryl methyl sites for hydroxylation is 2.